The van der Waals surface area contributed by atoms with Crippen molar-refractivity contribution in [2.24, 2.45) is 0 Å². The Labute approximate surface area is 73.9 Å². The van der Waals surface area contributed by atoms with Crippen molar-refractivity contribution in [2.75, 3.05) is 0 Å². The van der Waals surface area contributed by atoms with Crippen molar-refractivity contribution >= 4 is 11.2 Å². The lowest BCUT2D eigenvalue weighted by Crippen LogP contribution is -2.07. The molecule has 0 amide bonds. The maximum atomic E-state index is 10.9. The van der Waals surface area contributed by atoms with E-state index in [2.05, 4.69) is 19.9 Å². The first-order chi connectivity index (χ1) is 6.31. The third-order valence-corrected chi connectivity index (χ3v) is 1.79. The number of aromatic amines is 1. The molecule has 2 heterocycles. The highest BCUT2D eigenvalue weighted by atomic mass is 16.1. The van der Waals surface area contributed by atoms with Crippen LogP contribution in [-0.4, -0.2) is 19.9 Å². The highest BCUT2D eigenvalue weighted by Crippen LogP contribution is 2.06. The number of nitrogens with one attached hydrogen (secondary N) is 1. The number of rotatable bonds is 1. The minimum atomic E-state index is -0.242. The smallest absolute Gasteiger partial charge is 0.268 e. The van der Waals surface area contributed by atoms with Crippen molar-refractivity contribution in [3.05, 3.63) is 28.6 Å². The molecule has 1 N–H and O–H groups in total. The van der Waals surface area contributed by atoms with E-state index in [0.717, 1.165) is 12.1 Å². The monoisotopic (exact) mass is 176 g/mol. The molecule has 0 radical (unpaired) electrons. The zero-order valence-corrected chi connectivity index (χ0v) is 7.11. The van der Waals surface area contributed by atoms with Crippen molar-refractivity contribution in [1.29, 1.82) is 0 Å². The zero-order chi connectivity index (χ0) is 9.26. The summed E-state index contributed by atoms with van der Waals surface area (Å²) in [6.45, 7) is 1.98. The van der Waals surface area contributed by atoms with Crippen LogP contribution in [0.3, 0.4) is 0 Å². The first-order valence-corrected chi connectivity index (χ1v) is 4.00. The molecule has 0 aromatic carbocycles. The largest absolute Gasteiger partial charge is 0.304 e. The maximum absolute atomic E-state index is 10.9. The number of aromatic nitrogens is 4. The molecule has 0 bridgehead atoms. The molecule has 2 aromatic heterocycles. The predicted octanol–water partition coefficient (Wildman–Crippen LogP) is 0.275. The van der Waals surface area contributed by atoms with Gasteiger partial charge in [-0.05, 0) is 6.42 Å². The third-order valence-electron chi connectivity index (χ3n) is 1.79. The van der Waals surface area contributed by atoms with Crippen LogP contribution in [0.5, 0.6) is 0 Å². The summed E-state index contributed by atoms with van der Waals surface area (Å²) >= 11 is 0. The SMILES string of the molecule is CCc1ncnc2[nH]c(=O)cnc12. The topological polar surface area (TPSA) is 71.5 Å². The van der Waals surface area contributed by atoms with E-state index in [9.17, 15) is 4.79 Å². The van der Waals surface area contributed by atoms with Crippen molar-refractivity contribution < 1.29 is 0 Å². The fourth-order valence-electron chi connectivity index (χ4n) is 1.17. The fraction of sp³-hybridized carbons (Fsp3) is 0.250. The lowest BCUT2D eigenvalue weighted by Gasteiger charge is -1.98. The Hall–Kier alpha value is -1.78. The summed E-state index contributed by atoms with van der Waals surface area (Å²) < 4.78 is 0. The normalized spacial score (nSPS) is 10.5. The molecule has 5 nitrogen and oxygen atoms in total. The first kappa shape index (κ1) is 7.85. The van der Waals surface area contributed by atoms with E-state index in [1.807, 2.05) is 6.92 Å². The Morgan fingerprint density at radius 1 is 1.38 bits per heavy atom. The fourth-order valence-corrected chi connectivity index (χ4v) is 1.17. The zero-order valence-electron chi connectivity index (χ0n) is 7.11. The highest BCUT2D eigenvalue weighted by molar-refractivity contribution is 5.71. The summed E-state index contributed by atoms with van der Waals surface area (Å²) in [6, 6.07) is 0. The number of H-pyrrole nitrogens is 1. The molecule has 2 aromatic rings. The summed E-state index contributed by atoms with van der Waals surface area (Å²) in [7, 11) is 0. The van der Waals surface area contributed by atoms with Gasteiger partial charge in [0.05, 0.1) is 11.9 Å². The molecule has 0 fully saturated rings. The summed E-state index contributed by atoms with van der Waals surface area (Å²) in [6.07, 6.45) is 3.45. The molecule has 66 valence electrons. The second kappa shape index (κ2) is 2.93. The van der Waals surface area contributed by atoms with E-state index < -0.39 is 0 Å². The van der Waals surface area contributed by atoms with E-state index in [4.69, 9.17) is 0 Å². The van der Waals surface area contributed by atoms with Crippen LogP contribution < -0.4 is 5.56 Å². The molecule has 2 rings (SSSR count). The van der Waals surface area contributed by atoms with Gasteiger partial charge in [-0.25, -0.2) is 15.0 Å². The molecule has 0 atom stereocenters. The second-order valence-electron chi connectivity index (χ2n) is 2.62. The van der Waals surface area contributed by atoms with E-state index in [1.165, 1.54) is 12.5 Å². The average Bonchev–Trinajstić information content (AvgIpc) is 2.16. The van der Waals surface area contributed by atoms with Crippen molar-refractivity contribution in [3.8, 4) is 0 Å². The third kappa shape index (κ3) is 1.28. The van der Waals surface area contributed by atoms with Gasteiger partial charge in [0.2, 0.25) is 0 Å². The Kier molecular flexibility index (Phi) is 1.77. The van der Waals surface area contributed by atoms with Crippen LogP contribution in [0.15, 0.2) is 17.3 Å². The van der Waals surface area contributed by atoms with E-state index in [-0.39, 0.29) is 5.56 Å². The van der Waals surface area contributed by atoms with E-state index in [0.29, 0.717) is 11.2 Å². The van der Waals surface area contributed by atoms with Crippen LogP contribution in [0.4, 0.5) is 0 Å². The molecule has 5 heteroatoms. The Morgan fingerprint density at radius 3 is 3.00 bits per heavy atom. The molecule has 0 spiro atoms. The maximum Gasteiger partial charge on any atom is 0.268 e. The van der Waals surface area contributed by atoms with Gasteiger partial charge in [0.25, 0.3) is 5.56 Å². The molecule has 0 saturated heterocycles. The Bertz CT molecular complexity index is 491. The number of hydrogen-bond donors (Lipinski definition) is 1. The standard InChI is InChI=1S/C8H8N4O/c1-2-5-7-8(11-4-10-5)12-6(13)3-9-7/h3-4H,2H2,1H3,(H,10,11,12,13). The van der Waals surface area contributed by atoms with E-state index >= 15 is 0 Å². The molecule has 0 aliphatic rings. The van der Waals surface area contributed by atoms with E-state index in [1.54, 1.807) is 0 Å². The van der Waals surface area contributed by atoms with Gasteiger partial charge >= 0.3 is 0 Å². The molecular weight excluding hydrogens is 168 g/mol. The quantitative estimate of drug-likeness (QED) is 0.677. The predicted molar refractivity (Wildman–Crippen MR) is 47.3 cm³/mol. The molecule has 0 aliphatic heterocycles. The van der Waals surface area contributed by atoms with Crippen LogP contribution in [0.2, 0.25) is 0 Å². The van der Waals surface area contributed by atoms with Gasteiger partial charge < -0.3 is 4.98 Å². The number of aryl methyl sites for hydroxylation is 1. The first-order valence-electron chi connectivity index (χ1n) is 4.00. The minimum Gasteiger partial charge on any atom is -0.304 e. The number of hydrogen-bond acceptors (Lipinski definition) is 4. The second-order valence-corrected chi connectivity index (χ2v) is 2.62. The van der Waals surface area contributed by atoms with Crippen LogP contribution in [-0.2, 0) is 6.42 Å². The molecule has 0 aliphatic carbocycles. The van der Waals surface area contributed by atoms with Gasteiger partial charge in [-0.2, -0.15) is 0 Å². The number of fused-ring (bicyclic) bond motifs is 1. The Morgan fingerprint density at radius 2 is 2.23 bits per heavy atom. The van der Waals surface area contributed by atoms with Gasteiger partial charge in [0.15, 0.2) is 5.65 Å². The Balaban J connectivity index is 2.85. The van der Waals surface area contributed by atoms with Crippen molar-refractivity contribution in [2.45, 2.75) is 13.3 Å². The van der Waals surface area contributed by atoms with Gasteiger partial charge in [-0.3, -0.25) is 4.79 Å². The summed E-state index contributed by atoms with van der Waals surface area (Å²) in [5, 5.41) is 0. The minimum absolute atomic E-state index is 0.242. The summed E-state index contributed by atoms with van der Waals surface area (Å²) in [5.74, 6) is 0. The lowest BCUT2D eigenvalue weighted by atomic mass is 10.3. The van der Waals surface area contributed by atoms with Crippen LogP contribution >= 0.6 is 0 Å². The van der Waals surface area contributed by atoms with Crippen LogP contribution in [0.1, 0.15) is 12.6 Å². The molecule has 0 saturated carbocycles. The van der Waals surface area contributed by atoms with Crippen LogP contribution in [0.25, 0.3) is 11.2 Å². The average molecular weight is 176 g/mol. The van der Waals surface area contributed by atoms with Gasteiger partial charge in [-0.15, -0.1) is 0 Å². The number of nitrogens with zero attached hydrogens (tertiary/aromatic N) is 3. The summed E-state index contributed by atoms with van der Waals surface area (Å²) in [5.41, 5.74) is 1.78. The van der Waals surface area contributed by atoms with Crippen molar-refractivity contribution in [1.82, 2.24) is 19.9 Å². The van der Waals surface area contributed by atoms with Crippen molar-refractivity contribution in [3.63, 3.8) is 0 Å². The van der Waals surface area contributed by atoms with Gasteiger partial charge in [-0.1, -0.05) is 6.92 Å². The lowest BCUT2D eigenvalue weighted by molar-refractivity contribution is 1.00. The molecule has 0 unspecified atom stereocenters. The van der Waals surface area contributed by atoms with Crippen LogP contribution in [0, 0.1) is 0 Å². The summed E-state index contributed by atoms with van der Waals surface area (Å²) in [4.78, 5) is 25.5. The molecule has 13 heavy (non-hydrogen) atoms. The highest BCUT2D eigenvalue weighted by Gasteiger charge is 2.02. The van der Waals surface area contributed by atoms with Gasteiger partial charge in [0.1, 0.15) is 11.8 Å². The molecular formula is C8H8N4O. The van der Waals surface area contributed by atoms with Gasteiger partial charge in [0, 0.05) is 0 Å².